The molecule has 2 amide bonds. The van der Waals surface area contributed by atoms with E-state index in [0.29, 0.717) is 6.42 Å². The summed E-state index contributed by atoms with van der Waals surface area (Å²) >= 11 is 0. The molecule has 0 bridgehead atoms. The van der Waals surface area contributed by atoms with Crippen LogP contribution in [0.3, 0.4) is 0 Å². The lowest BCUT2D eigenvalue weighted by Gasteiger charge is -2.21. The number of carbonyl (C=O) groups is 2. The molecular formula is C23H29N3O2. The summed E-state index contributed by atoms with van der Waals surface area (Å²) in [6.07, 6.45) is 1.50. The Bertz CT molecular complexity index is 891. The van der Waals surface area contributed by atoms with Gasteiger partial charge in [-0.25, -0.2) is 0 Å². The second kappa shape index (κ2) is 8.46. The number of carbonyl (C=O) groups excluding carboxylic acids is 2. The number of nitrogens with one attached hydrogen (secondary N) is 2. The molecule has 2 N–H and O–H groups in total. The van der Waals surface area contributed by atoms with Crippen LogP contribution in [0.15, 0.2) is 36.4 Å². The minimum Gasteiger partial charge on any atom is -0.376 e. The Labute approximate surface area is 167 Å². The maximum Gasteiger partial charge on any atom is 0.239 e. The van der Waals surface area contributed by atoms with Crippen molar-refractivity contribution in [3.8, 4) is 0 Å². The lowest BCUT2D eigenvalue weighted by molar-refractivity contribution is -0.120. The van der Waals surface area contributed by atoms with Gasteiger partial charge in [-0.1, -0.05) is 24.3 Å². The van der Waals surface area contributed by atoms with E-state index < -0.39 is 0 Å². The van der Waals surface area contributed by atoms with Crippen LogP contribution in [0, 0.1) is 20.8 Å². The van der Waals surface area contributed by atoms with E-state index in [1.165, 1.54) is 11.1 Å². The van der Waals surface area contributed by atoms with Crippen LogP contribution >= 0.6 is 0 Å². The highest BCUT2D eigenvalue weighted by Gasteiger charge is 2.23. The van der Waals surface area contributed by atoms with Crippen molar-refractivity contribution in [1.29, 1.82) is 0 Å². The Kier molecular flexibility index (Phi) is 6.02. The van der Waals surface area contributed by atoms with Gasteiger partial charge in [0.15, 0.2) is 0 Å². The summed E-state index contributed by atoms with van der Waals surface area (Å²) in [5, 5.41) is 6.26. The third kappa shape index (κ3) is 4.35. The molecule has 2 aromatic rings. The van der Waals surface area contributed by atoms with Gasteiger partial charge >= 0.3 is 0 Å². The van der Waals surface area contributed by atoms with Crippen molar-refractivity contribution >= 4 is 23.2 Å². The van der Waals surface area contributed by atoms with Crippen molar-refractivity contribution in [3.05, 3.63) is 58.7 Å². The summed E-state index contributed by atoms with van der Waals surface area (Å²) in [5.41, 5.74) is 6.37. The second-order valence-electron chi connectivity index (χ2n) is 7.59. The van der Waals surface area contributed by atoms with Crippen molar-refractivity contribution in [1.82, 2.24) is 5.32 Å². The molecule has 5 heteroatoms. The standard InChI is InChI=1S/C23H29N3O2/c1-15-10-11-19(13-16(15)2)18(4)25-22(27)14-24-20-7-5-8-21(17(20)3)26-12-6-9-23(26)28/h5,7-8,10-11,13,18,24H,6,9,12,14H2,1-4H3,(H,25,27). The third-order valence-electron chi connectivity index (χ3n) is 5.52. The van der Waals surface area contributed by atoms with Gasteiger partial charge < -0.3 is 15.5 Å². The van der Waals surface area contributed by atoms with Gasteiger partial charge in [0.25, 0.3) is 0 Å². The molecule has 28 heavy (non-hydrogen) atoms. The van der Waals surface area contributed by atoms with E-state index in [2.05, 4.69) is 42.7 Å². The molecule has 5 nitrogen and oxygen atoms in total. The molecule has 0 radical (unpaired) electrons. The van der Waals surface area contributed by atoms with Gasteiger partial charge in [0, 0.05) is 24.3 Å². The quantitative estimate of drug-likeness (QED) is 0.797. The first-order chi connectivity index (χ1) is 13.4. The second-order valence-corrected chi connectivity index (χ2v) is 7.59. The molecule has 3 rings (SSSR count). The fourth-order valence-electron chi connectivity index (χ4n) is 3.60. The molecule has 1 aliphatic heterocycles. The van der Waals surface area contributed by atoms with Crippen LogP contribution in [0.5, 0.6) is 0 Å². The molecule has 1 unspecified atom stereocenters. The van der Waals surface area contributed by atoms with Crippen LogP contribution < -0.4 is 15.5 Å². The number of hydrogen-bond acceptors (Lipinski definition) is 3. The van der Waals surface area contributed by atoms with E-state index >= 15 is 0 Å². The minimum atomic E-state index is -0.0622. The van der Waals surface area contributed by atoms with Gasteiger partial charge in [0.2, 0.25) is 11.8 Å². The molecule has 1 heterocycles. The SMILES string of the molecule is Cc1ccc(C(C)NC(=O)CNc2cccc(N3CCCC3=O)c2C)cc1C. The number of nitrogens with zero attached hydrogens (tertiary/aromatic N) is 1. The highest BCUT2D eigenvalue weighted by Crippen LogP contribution is 2.29. The van der Waals surface area contributed by atoms with E-state index in [-0.39, 0.29) is 24.4 Å². The van der Waals surface area contributed by atoms with E-state index in [4.69, 9.17) is 0 Å². The topological polar surface area (TPSA) is 61.4 Å². The van der Waals surface area contributed by atoms with E-state index in [1.807, 2.05) is 36.9 Å². The summed E-state index contributed by atoms with van der Waals surface area (Å²) in [6.45, 7) is 9.09. The van der Waals surface area contributed by atoms with Crippen molar-refractivity contribution in [3.63, 3.8) is 0 Å². The fraction of sp³-hybridized carbons (Fsp3) is 0.391. The van der Waals surface area contributed by atoms with Gasteiger partial charge in [-0.05, 0) is 68.5 Å². The zero-order valence-corrected chi connectivity index (χ0v) is 17.1. The molecule has 2 aromatic carbocycles. The summed E-state index contributed by atoms with van der Waals surface area (Å²) in [6, 6.07) is 12.0. The Morgan fingerprint density at radius 1 is 1.14 bits per heavy atom. The lowest BCUT2D eigenvalue weighted by Crippen LogP contribution is -2.32. The molecule has 0 saturated carbocycles. The number of benzene rings is 2. The number of rotatable bonds is 6. The van der Waals surface area contributed by atoms with Crippen LogP contribution in [-0.4, -0.2) is 24.9 Å². The maximum absolute atomic E-state index is 12.4. The number of aryl methyl sites for hydroxylation is 2. The first-order valence-electron chi connectivity index (χ1n) is 9.87. The molecule has 0 aromatic heterocycles. The maximum atomic E-state index is 12.4. The van der Waals surface area contributed by atoms with E-state index in [1.54, 1.807) is 0 Å². The third-order valence-corrected chi connectivity index (χ3v) is 5.52. The molecule has 1 atom stereocenters. The largest absolute Gasteiger partial charge is 0.376 e. The van der Waals surface area contributed by atoms with Gasteiger partial charge in [0.05, 0.1) is 12.6 Å². The first kappa shape index (κ1) is 19.9. The monoisotopic (exact) mass is 379 g/mol. The Morgan fingerprint density at radius 2 is 1.93 bits per heavy atom. The van der Waals surface area contributed by atoms with Gasteiger partial charge in [-0.2, -0.15) is 0 Å². The van der Waals surface area contributed by atoms with Crippen LogP contribution in [0.25, 0.3) is 0 Å². The molecule has 1 saturated heterocycles. The molecule has 148 valence electrons. The fourth-order valence-corrected chi connectivity index (χ4v) is 3.60. The molecule has 1 aliphatic rings. The van der Waals surface area contributed by atoms with Gasteiger partial charge in [-0.15, -0.1) is 0 Å². The van der Waals surface area contributed by atoms with Crippen LogP contribution in [0.2, 0.25) is 0 Å². The Morgan fingerprint density at radius 3 is 2.61 bits per heavy atom. The van der Waals surface area contributed by atoms with Crippen molar-refractivity contribution in [2.45, 2.75) is 46.6 Å². The highest BCUT2D eigenvalue weighted by molar-refractivity contribution is 5.97. The highest BCUT2D eigenvalue weighted by atomic mass is 16.2. The van der Waals surface area contributed by atoms with E-state index in [9.17, 15) is 9.59 Å². The van der Waals surface area contributed by atoms with Gasteiger partial charge in [-0.3, -0.25) is 9.59 Å². The van der Waals surface area contributed by atoms with Crippen LogP contribution in [-0.2, 0) is 9.59 Å². The van der Waals surface area contributed by atoms with Crippen LogP contribution in [0.4, 0.5) is 11.4 Å². The average molecular weight is 380 g/mol. The Balaban J connectivity index is 1.61. The number of hydrogen-bond donors (Lipinski definition) is 2. The lowest BCUT2D eigenvalue weighted by atomic mass is 10.0. The van der Waals surface area contributed by atoms with Crippen molar-refractivity contribution in [2.24, 2.45) is 0 Å². The van der Waals surface area contributed by atoms with E-state index in [0.717, 1.165) is 35.5 Å². The molecular weight excluding hydrogens is 350 g/mol. The molecule has 0 aliphatic carbocycles. The number of amides is 2. The minimum absolute atomic E-state index is 0.0525. The average Bonchev–Trinajstić information content (AvgIpc) is 3.08. The predicted molar refractivity (Wildman–Crippen MR) is 114 cm³/mol. The van der Waals surface area contributed by atoms with Crippen molar-refractivity contribution < 1.29 is 9.59 Å². The summed E-state index contributed by atoms with van der Waals surface area (Å²) in [4.78, 5) is 26.3. The normalized spacial score (nSPS) is 14.9. The molecule has 1 fully saturated rings. The predicted octanol–water partition coefficient (Wildman–Crippen LogP) is 4.03. The first-order valence-corrected chi connectivity index (χ1v) is 9.87. The summed E-state index contributed by atoms with van der Waals surface area (Å²) in [7, 11) is 0. The summed E-state index contributed by atoms with van der Waals surface area (Å²) in [5.74, 6) is 0.105. The zero-order valence-electron chi connectivity index (χ0n) is 17.1. The van der Waals surface area contributed by atoms with Crippen LogP contribution in [0.1, 0.15) is 48.1 Å². The summed E-state index contributed by atoms with van der Waals surface area (Å²) < 4.78 is 0. The Hall–Kier alpha value is -2.82. The molecule has 0 spiro atoms. The number of anilines is 2. The smallest absolute Gasteiger partial charge is 0.239 e. The van der Waals surface area contributed by atoms with Crippen molar-refractivity contribution in [2.75, 3.05) is 23.3 Å². The zero-order chi connectivity index (χ0) is 20.3. The van der Waals surface area contributed by atoms with Gasteiger partial charge in [0.1, 0.15) is 0 Å².